The van der Waals surface area contributed by atoms with Gasteiger partial charge < -0.3 is 11.1 Å². The first-order valence-corrected chi connectivity index (χ1v) is 5.71. The second kappa shape index (κ2) is 5.24. The smallest absolute Gasteiger partial charge is 0.258 e. The molecule has 3 nitrogen and oxygen atoms in total. The highest BCUT2D eigenvalue weighted by molar-refractivity contribution is 6.08. The average molecular weight is 280 g/mol. The van der Waals surface area contributed by atoms with Crippen LogP contribution in [0.25, 0.3) is 0 Å². The SMILES string of the molecule is Cc1cccc(N)c1C(=O)Nc1c(F)cc(F)cc1F. The van der Waals surface area contributed by atoms with Gasteiger partial charge >= 0.3 is 0 Å². The predicted octanol–water partition coefficient (Wildman–Crippen LogP) is 3.25. The zero-order chi connectivity index (χ0) is 14.9. The predicted molar refractivity (Wildman–Crippen MR) is 69.9 cm³/mol. The maximum absolute atomic E-state index is 13.5. The summed E-state index contributed by atoms with van der Waals surface area (Å²) in [7, 11) is 0. The van der Waals surface area contributed by atoms with Crippen LogP contribution in [0.2, 0.25) is 0 Å². The van der Waals surface area contributed by atoms with Gasteiger partial charge in [0.25, 0.3) is 5.91 Å². The Kier molecular flexibility index (Phi) is 3.65. The number of nitrogens with one attached hydrogen (secondary N) is 1. The maximum Gasteiger partial charge on any atom is 0.258 e. The van der Waals surface area contributed by atoms with E-state index < -0.39 is 29.0 Å². The molecule has 0 bridgehead atoms. The molecule has 6 heteroatoms. The molecule has 3 N–H and O–H groups in total. The van der Waals surface area contributed by atoms with Crippen LogP contribution in [0, 0.1) is 24.4 Å². The summed E-state index contributed by atoms with van der Waals surface area (Å²) in [6.45, 7) is 1.64. The Hall–Kier alpha value is -2.50. The number of nitrogen functional groups attached to an aromatic ring is 1. The summed E-state index contributed by atoms with van der Waals surface area (Å²) in [4.78, 5) is 12.0. The van der Waals surface area contributed by atoms with Gasteiger partial charge in [0.05, 0.1) is 5.56 Å². The number of benzene rings is 2. The molecule has 0 aliphatic carbocycles. The number of halogens is 3. The fourth-order valence-corrected chi connectivity index (χ4v) is 1.84. The summed E-state index contributed by atoms with van der Waals surface area (Å²) in [5.41, 5.74) is 5.83. The largest absolute Gasteiger partial charge is 0.398 e. The summed E-state index contributed by atoms with van der Waals surface area (Å²) >= 11 is 0. The van der Waals surface area contributed by atoms with Crippen LogP contribution in [0.4, 0.5) is 24.5 Å². The van der Waals surface area contributed by atoms with Crippen molar-refractivity contribution in [1.29, 1.82) is 0 Å². The highest BCUT2D eigenvalue weighted by atomic mass is 19.1. The van der Waals surface area contributed by atoms with Crippen LogP contribution in [0.15, 0.2) is 30.3 Å². The van der Waals surface area contributed by atoms with Crippen molar-refractivity contribution in [3.8, 4) is 0 Å². The summed E-state index contributed by atoms with van der Waals surface area (Å²) in [5.74, 6) is -4.20. The van der Waals surface area contributed by atoms with Crippen LogP contribution >= 0.6 is 0 Å². The van der Waals surface area contributed by atoms with Crippen molar-refractivity contribution in [3.63, 3.8) is 0 Å². The number of hydrogen-bond donors (Lipinski definition) is 2. The van der Waals surface area contributed by atoms with Gasteiger partial charge in [0.2, 0.25) is 0 Å². The Labute approximate surface area is 113 Å². The van der Waals surface area contributed by atoms with E-state index in [0.717, 1.165) is 0 Å². The summed E-state index contributed by atoms with van der Waals surface area (Å²) < 4.78 is 39.7. The van der Waals surface area contributed by atoms with E-state index in [1.54, 1.807) is 19.1 Å². The summed E-state index contributed by atoms with van der Waals surface area (Å²) in [5, 5.41) is 2.07. The second-order valence-electron chi connectivity index (χ2n) is 4.24. The van der Waals surface area contributed by atoms with E-state index in [1.807, 2.05) is 0 Å². The van der Waals surface area contributed by atoms with Crippen LogP contribution in [0.3, 0.4) is 0 Å². The van der Waals surface area contributed by atoms with Crippen LogP contribution in [-0.4, -0.2) is 5.91 Å². The molecule has 0 aliphatic rings. The number of hydrogen-bond acceptors (Lipinski definition) is 2. The van der Waals surface area contributed by atoms with Crippen molar-refractivity contribution in [2.75, 3.05) is 11.1 Å². The summed E-state index contributed by atoms with van der Waals surface area (Å²) in [6, 6.07) is 5.77. The highest BCUT2D eigenvalue weighted by Crippen LogP contribution is 2.23. The third-order valence-electron chi connectivity index (χ3n) is 2.78. The molecule has 0 heterocycles. The number of carbonyl (C=O) groups is 1. The van der Waals surface area contributed by atoms with Gasteiger partial charge in [-0.3, -0.25) is 4.79 Å². The highest BCUT2D eigenvalue weighted by Gasteiger charge is 2.18. The maximum atomic E-state index is 13.5. The third kappa shape index (κ3) is 2.59. The molecule has 0 fully saturated rings. The molecule has 0 aromatic heterocycles. The first-order valence-electron chi connectivity index (χ1n) is 5.71. The van der Waals surface area contributed by atoms with E-state index in [4.69, 9.17) is 5.73 Å². The van der Waals surface area contributed by atoms with Gasteiger partial charge in [-0.15, -0.1) is 0 Å². The Morgan fingerprint density at radius 1 is 1.15 bits per heavy atom. The molecule has 2 rings (SSSR count). The molecule has 0 atom stereocenters. The first-order chi connectivity index (χ1) is 9.40. The van der Waals surface area contributed by atoms with E-state index in [9.17, 15) is 18.0 Å². The van der Waals surface area contributed by atoms with Crippen molar-refractivity contribution in [2.24, 2.45) is 0 Å². The lowest BCUT2D eigenvalue weighted by molar-refractivity contribution is 0.102. The van der Waals surface area contributed by atoms with Gasteiger partial charge in [-0.25, -0.2) is 13.2 Å². The van der Waals surface area contributed by atoms with Gasteiger partial charge in [-0.2, -0.15) is 0 Å². The molecule has 0 aliphatic heterocycles. The van der Waals surface area contributed by atoms with Crippen molar-refractivity contribution in [3.05, 3.63) is 58.9 Å². The minimum atomic E-state index is -1.19. The standard InChI is InChI=1S/C14H11F3N2O/c1-7-3-2-4-11(18)12(7)14(20)19-13-9(16)5-8(15)6-10(13)17/h2-6H,18H2,1H3,(H,19,20). The molecule has 0 saturated heterocycles. The van der Waals surface area contributed by atoms with Crippen LogP contribution in [0.1, 0.15) is 15.9 Å². The van der Waals surface area contributed by atoms with Gasteiger partial charge in [-0.05, 0) is 18.6 Å². The number of nitrogens with two attached hydrogens (primary N) is 1. The molecular weight excluding hydrogens is 269 g/mol. The quantitative estimate of drug-likeness (QED) is 0.830. The van der Waals surface area contributed by atoms with E-state index in [0.29, 0.717) is 17.7 Å². The molecule has 2 aromatic carbocycles. The second-order valence-corrected chi connectivity index (χ2v) is 4.24. The molecule has 0 saturated carbocycles. The van der Waals surface area contributed by atoms with Crippen molar-refractivity contribution < 1.29 is 18.0 Å². The number of amides is 1. The van der Waals surface area contributed by atoms with Crippen LogP contribution in [0.5, 0.6) is 0 Å². The lowest BCUT2D eigenvalue weighted by Gasteiger charge is -2.11. The van der Waals surface area contributed by atoms with Crippen LogP contribution < -0.4 is 11.1 Å². The van der Waals surface area contributed by atoms with Gasteiger partial charge in [0.15, 0.2) is 11.6 Å². The Balaban J connectivity index is 2.38. The Bertz CT molecular complexity index is 643. The zero-order valence-corrected chi connectivity index (χ0v) is 10.5. The van der Waals surface area contributed by atoms with Crippen molar-refractivity contribution >= 4 is 17.3 Å². The van der Waals surface area contributed by atoms with Crippen molar-refractivity contribution in [2.45, 2.75) is 6.92 Å². The number of carbonyl (C=O) groups excluding carboxylic acids is 1. The van der Waals surface area contributed by atoms with Gasteiger partial charge in [0, 0.05) is 17.8 Å². The lowest BCUT2D eigenvalue weighted by atomic mass is 10.1. The lowest BCUT2D eigenvalue weighted by Crippen LogP contribution is -2.17. The zero-order valence-electron chi connectivity index (χ0n) is 10.5. The Morgan fingerprint density at radius 2 is 1.75 bits per heavy atom. The number of rotatable bonds is 2. The molecule has 0 unspecified atom stereocenters. The topological polar surface area (TPSA) is 55.1 Å². The minimum Gasteiger partial charge on any atom is -0.398 e. The van der Waals surface area contributed by atoms with Crippen molar-refractivity contribution in [1.82, 2.24) is 0 Å². The molecule has 104 valence electrons. The summed E-state index contributed by atoms with van der Waals surface area (Å²) in [6.07, 6.45) is 0. The van der Waals surface area contributed by atoms with E-state index in [2.05, 4.69) is 5.32 Å². The van der Waals surface area contributed by atoms with Crippen LogP contribution in [-0.2, 0) is 0 Å². The minimum absolute atomic E-state index is 0.121. The number of aryl methyl sites for hydroxylation is 1. The average Bonchev–Trinajstić information content (AvgIpc) is 2.33. The fraction of sp³-hybridized carbons (Fsp3) is 0.0714. The fourth-order valence-electron chi connectivity index (χ4n) is 1.84. The molecular formula is C14H11F3N2O. The molecule has 2 aromatic rings. The molecule has 0 radical (unpaired) electrons. The Morgan fingerprint density at radius 3 is 2.30 bits per heavy atom. The molecule has 1 amide bonds. The van der Waals surface area contributed by atoms with Gasteiger partial charge in [-0.1, -0.05) is 12.1 Å². The first kappa shape index (κ1) is 13.9. The van der Waals surface area contributed by atoms with E-state index in [1.165, 1.54) is 6.07 Å². The molecule has 0 spiro atoms. The van der Waals surface area contributed by atoms with E-state index in [-0.39, 0.29) is 11.3 Å². The van der Waals surface area contributed by atoms with E-state index >= 15 is 0 Å². The number of anilines is 2. The molecule has 20 heavy (non-hydrogen) atoms. The monoisotopic (exact) mass is 280 g/mol. The normalized spacial score (nSPS) is 10.4. The van der Waals surface area contributed by atoms with Gasteiger partial charge in [0.1, 0.15) is 11.5 Å². The third-order valence-corrected chi connectivity index (χ3v) is 2.78.